The average Bonchev–Trinajstić information content (AvgIpc) is 3.16. The molecular formula is C42H72N3O7P. The van der Waals surface area contributed by atoms with Crippen LogP contribution < -0.4 is 0 Å². The number of rotatable bonds is 39. The lowest BCUT2D eigenvalue weighted by Gasteiger charge is -2.19. The van der Waals surface area contributed by atoms with Crippen LogP contribution in [0, 0.1) is 0 Å². The second-order valence-electron chi connectivity index (χ2n) is 13.1. The highest BCUT2D eigenvalue weighted by molar-refractivity contribution is 7.48. The Balaban J connectivity index is 4.54. The van der Waals surface area contributed by atoms with Crippen LogP contribution in [0.3, 0.4) is 0 Å². The van der Waals surface area contributed by atoms with Crippen molar-refractivity contribution in [1.82, 2.24) is 14.7 Å². The standard InChI is InChI=1S/C42H72N3O7P/c1-7-31-43(40(46)10-4)34-25-19-13-16-22-28-37-50-53(49,51-38-29-23-17-14-20-26-35-44(32-8-2)41(47)11-5)52-39-30-24-18-15-21-27-36-45(33-9-3)42(48)12-6/h7-12H,1-6,13-39H2. The number of carbonyl (C=O) groups excluding carboxylic acids is 3. The van der Waals surface area contributed by atoms with Gasteiger partial charge in [0.05, 0.1) is 19.8 Å². The maximum Gasteiger partial charge on any atom is 0.474 e. The van der Waals surface area contributed by atoms with Gasteiger partial charge in [-0.25, -0.2) is 4.57 Å². The molecule has 0 aromatic carbocycles. The SMILES string of the molecule is C=CCN(CCCCCCCCOP(=O)(OCCCCCCCCN(CC=C)C(=O)C=C)OCCCCCCCCN(CC=C)C(=O)C=C)C(=O)C=C. The summed E-state index contributed by atoms with van der Waals surface area (Å²) < 4.78 is 30.8. The minimum absolute atomic E-state index is 0.0705. The minimum atomic E-state index is -3.67. The van der Waals surface area contributed by atoms with E-state index in [2.05, 4.69) is 39.5 Å². The van der Waals surface area contributed by atoms with E-state index >= 15 is 0 Å². The molecule has 302 valence electrons. The zero-order valence-electron chi connectivity index (χ0n) is 32.9. The summed E-state index contributed by atoms with van der Waals surface area (Å²) in [5.41, 5.74) is 0. The molecule has 0 fully saturated rings. The van der Waals surface area contributed by atoms with Gasteiger partial charge in [-0.15, -0.1) is 19.7 Å². The van der Waals surface area contributed by atoms with Crippen molar-refractivity contribution in [3.05, 3.63) is 75.9 Å². The number of phosphoric ester groups is 1. The molecule has 0 unspecified atom stereocenters. The molecule has 11 heteroatoms. The van der Waals surface area contributed by atoms with Crippen LogP contribution in [0.25, 0.3) is 0 Å². The van der Waals surface area contributed by atoms with Gasteiger partial charge in [-0.1, -0.05) is 115 Å². The van der Waals surface area contributed by atoms with Gasteiger partial charge in [-0.3, -0.25) is 28.0 Å². The number of nitrogens with zero attached hydrogens (tertiary/aromatic N) is 3. The van der Waals surface area contributed by atoms with Gasteiger partial charge in [0.25, 0.3) is 0 Å². The molecule has 0 aliphatic heterocycles. The van der Waals surface area contributed by atoms with Crippen molar-refractivity contribution in [1.29, 1.82) is 0 Å². The van der Waals surface area contributed by atoms with Crippen molar-refractivity contribution in [2.24, 2.45) is 0 Å². The first-order valence-corrected chi connectivity index (χ1v) is 21.3. The molecule has 0 N–H and O–H groups in total. The van der Waals surface area contributed by atoms with Gasteiger partial charge in [-0.2, -0.15) is 0 Å². The number of amides is 3. The Hall–Kier alpha value is -3.04. The first-order valence-electron chi connectivity index (χ1n) is 19.8. The Bertz CT molecular complexity index is 979. The first kappa shape index (κ1) is 50.0. The molecule has 0 heterocycles. The predicted octanol–water partition coefficient (Wildman–Crippen LogP) is 9.77. The molecule has 0 spiro atoms. The second kappa shape index (κ2) is 34.7. The summed E-state index contributed by atoms with van der Waals surface area (Å²) >= 11 is 0. The van der Waals surface area contributed by atoms with Crippen LogP contribution in [0.15, 0.2) is 75.9 Å². The van der Waals surface area contributed by atoms with Crippen LogP contribution in [-0.2, 0) is 32.5 Å². The number of hydrogen-bond donors (Lipinski definition) is 0. The lowest BCUT2D eigenvalue weighted by Crippen LogP contribution is -2.30. The minimum Gasteiger partial charge on any atom is -0.335 e. The highest BCUT2D eigenvalue weighted by Gasteiger charge is 2.26. The van der Waals surface area contributed by atoms with E-state index < -0.39 is 7.82 Å². The Morgan fingerprint density at radius 1 is 0.396 bits per heavy atom. The van der Waals surface area contributed by atoms with E-state index in [0.29, 0.717) is 59.1 Å². The Morgan fingerprint density at radius 2 is 0.623 bits per heavy atom. The van der Waals surface area contributed by atoms with Crippen molar-refractivity contribution in [2.45, 2.75) is 116 Å². The third kappa shape index (κ3) is 27.2. The smallest absolute Gasteiger partial charge is 0.335 e. The molecular weight excluding hydrogens is 689 g/mol. The summed E-state index contributed by atoms with van der Waals surface area (Å²) in [5.74, 6) is -0.212. The molecule has 0 atom stereocenters. The highest BCUT2D eigenvalue weighted by atomic mass is 31.2. The molecule has 0 aliphatic rings. The molecule has 0 aromatic heterocycles. The fourth-order valence-electron chi connectivity index (χ4n) is 5.71. The second-order valence-corrected chi connectivity index (χ2v) is 14.8. The molecule has 0 aliphatic carbocycles. The van der Waals surface area contributed by atoms with Crippen LogP contribution in [0.2, 0.25) is 0 Å². The van der Waals surface area contributed by atoms with E-state index in [9.17, 15) is 18.9 Å². The lowest BCUT2D eigenvalue weighted by molar-refractivity contribution is -0.126. The van der Waals surface area contributed by atoms with E-state index in [0.717, 1.165) is 116 Å². The fourth-order valence-corrected chi connectivity index (χ4v) is 6.99. The fraction of sp³-hybridized carbons (Fsp3) is 0.643. The Labute approximate surface area is 322 Å². The number of phosphoric acid groups is 1. The summed E-state index contributed by atoms with van der Waals surface area (Å²) in [5, 5.41) is 0. The highest BCUT2D eigenvalue weighted by Crippen LogP contribution is 2.50. The van der Waals surface area contributed by atoms with Gasteiger partial charge in [0, 0.05) is 39.3 Å². The van der Waals surface area contributed by atoms with Crippen molar-refractivity contribution in [2.75, 3.05) is 59.1 Å². The van der Waals surface area contributed by atoms with Gasteiger partial charge in [0.15, 0.2) is 0 Å². The molecule has 0 bridgehead atoms. The zero-order valence-corrected chi connectivity index (χ0v) is 33.8. The van der Waals surface area contributed by atoms with Gasteiger partial charge < -0.3 is 14.7 Å². The van der Waals surface area contributed by atoms with Gasteiger partial charge in [0.2, 0.25) is 17.7 Å². The molecule has 53 heavy (non-hydrogen) atoms. The summed E-state index contributed by atoms with van der Waals surface area (Å²) in [6.45, 7) is 26.5. The number of unbranched alkanes of at least 4 members (excludes halogenated alkanes) is 15. The van der Waals surface area contributed by atoms with E-state index in [-0.39, 0.29) is 17.7 Å². The number of carbonyl (C=O) groups is 3. The molecule has 10 nitrogen and oxygen atoms in total. The largest absolute Gasteiger partial charge is 0.474 e. The van der Waals surface area contributed by atoms with Crippen LogP contribution in [0.1, 0.15) is 116 Å². The third-order valence-electron chi connectivity index (χ3n) is 8.72. The van der Waals surface area contributed by atoms with Gasteiger partial charge >= 0.3 is 7.82 Å². The quantitative estimate of drug-likeness (QED) is 0.0266. The molecule has 0 saturated carbocycles. The van der Waals surface area contributed by atoms with Gasteiger partial charge in [0.1, 0.15) is 0 Å². The molecule has 3 amide bonds. The van der Waals surface area contributed by atoms with Gasteiger partial charge in [-0.05, 0) is 56.8 Å². The summed E-state index contributed by atoms with van der Waals surface area (Å²) in [7, 11) is -3.67. The van der Waals surface area contributed by atoms with E-state index in [1.807, 2.05) is 0 Å². The number of hydrogen-bond acceptors (Lipinski definition) is 7. The monoisotopic (exact) mass is 762 g/mol. The van der Waals surface area contributed by atoms with Crippen molar-refractivity contribution in [3.8, 4) is 0 Å². The predicted molar refractivity (Wildman–Crippen MR) is 219 cm³/mol. The zero-order chi connectivity index (χ0) is 39.4. The van der Waals surface area contributed by atoms with Crippen LogP contribution in [-0.4, -0.2) is 91.5 Å². The topological polar surface area (TPSA) is 106 Å². The van der Waals surface area contributed by atoms with E-state index in [4.69, 9.17) is 13.6 Å². The summed E-state index contributed by atoms with van der Waals surface area (Å²) in [6, 6.07) is 0. The normalized spacial score (nSPS) is 11.0. The van der Waals surface area contributed by atoms with Crippen LogP contribution >= 0.6 is 7.82 Å². The maximum atomic E-state index is 13.5. The summed E-state index contributed by atoms with van der Waals surface area (Å²) in [4.78, 5) is 41.0. The first-order chi connectivity index (χ1) is 25.7. The molecule has 0 rings (SSSR count). The van der Waals surface area contributed by atoms with Crippen molar-refractivity contribution in [3.63, 3.8) is 0 Å². The maximum absolute atomic E-state index is 13.5. The van der Waals surface area contributed by atoms with Crippen LogP contribution in [0.4, 0.5) is 0 Å². The molecule has 0 saturated heterocycles. The Morgan fingerprint density at radius 3 is 0.849 bits per heavy atom. The third-order valence-corrected chi connectivity index (χ3v) is 10.2. The van der Waals surface area contributed by atoms with E-state index in [1.165, 1.54) is 18.2 Å². The summed E-state index contributed by atoms with van der Waals surface area (Å²) in [6.07, 6.45) is 26.4. The van der Waals surface area contributed by atoms with Crippen molar-refractivity contribution >= 4 is 25.5 Å². The van der Waals surface area contributed by atoms with Crippen molar-refractivity contribution < 1.29 is 32.5 Å². The molecule has 0 radical (unpaired) electrons. The van der Waals surface area contributed by atoms with E-state index in [1.54, 1.807) is 32.9 Å². The van der Waals surface area contributed by atoms with Crippen LogP contribution in [0.5, 0.6) is 0 Å². The lowest BCUT2D eigenvalue weighted by atomic mass is 10.1. The molecule has 0 aromatic rings. The Kier molecular flexibility index (Phi) is 32.7. The average molecular weight is 762 g/mol.